The normalized spacial score (nSPS) is 24.1. The molecule has 2 aromatic carbocycles. The largest absolute Gasteiger partial charge is 0.325 e. The Kier molecular flexibility index (Phi) is 5.38. The maximum Gasteiger partial charge on any atom is 0.306 e. The van der Waals surface area contributed by atoms with Gasteiger partial charge in [-0.2, -0.15) is 4.39 Å². The van der Waals surface area contributed by atoms with E-state index in [1.165, 1.54) is 34.1 Å². The summed E-state index contributed by atoms with van der Waals surface area (Å²) in [4.78, 5) is 54.3. The molecule has 3 aliphatic rings. The Morgan fingerprint density at radius 2 is 1.89 bits per heavy atom. The number of carbonyl (C=O) groups excluding carboxylic acids is 3. The van der Waals surface area contributed by atoms with Gasteiger partial charge in [0.2, 0.25) is 23.5 Å². The van der Waals surface area contributed by atoms with Crippen LogP contribution in [0.3, 0.4) is 0 Å². The average Bonchev–Trinajstić information content (AvgIpc) is 3.61. The molecule has 0 radical (unpaired) electrons. The number of rotatable bonds is 6. The number of nitrogens with zero attached hydrogens (tertiary/aromatic N) is 3. The standard InChI is InChI=1S/C24H17FN4O5S2/c25-15-5-3-13(8-17(15)29(33)34)26-19(30)10-35-24-27-16-6-4-14(9-18(16)36-24)28-22(31)20-11-1-2-12(7-11)21(20)23(28)32/h1-6,8-9,11-12,20-21H,7,10H2,(H,26,30)/t11-,12-,20+,21+/m0/s1. The number of allylic oxidation sites excluding steroid dienone is 2. The topological polar surface area (TPSA) is 123 Å². The van der Waals surface area contributed by atoms with Crippen molar-refractivity contribution < 1.29 is 23.7 Å². The Balaban J connectivity index is 1.14. The molecule has 4 atom stereocenters. The number of nitro benzene ring substituents is 1. The number of fused-ring (bicyclic) bond motifs is 6. The molecule has 0 unspecified atom stereocenters. The molecule has 1 aromatic heterocycles. The molecule has 6 rings (SSSR count). The first-order valence-electron chi connectivity index (χ1n) is 11.1. The molecule has 9 nitrogen and oxygen atoms in total. The first kappa shape index (κ1) is 22.8. The van der Waals surface area contributed by atoms with Gasteiger partial charge in [-0.3, -0.25) is 24.5 Å². The number of thioether (sulfide) groups is 1. The molecule has 0 spiro atoms. The zero-order valence-corrected chi connectivity index (χ0v) is 20.1. The van der Waals surface area contributed by atoms with Gasteiger partial charge in [0.1, 0.15) is 0 Å². The van der Waals surface area contributed by atoms with Crippen LogP contribution in [0.25, 0.3) is 10.2 Å². The summed E-state index contributed by atoms with van der Waals surface area (Å²) in [7, 11) is 0. The van der Waals surface area contributed by atoms with E-state index in [9.17, 15) is 28.9 Å². The summed E-state index contributed by atoms with van der Waals surface area (Å²) in [6, 6.07) is 8.40. The Labute approximate surface area is 211 Å². The summed E-state index contributed by atoms with van der Waals surface area (Å²) in [5.41, 5.74) is 0.616. The maximum atomic E-state index is 13.5. The zero-order chi connectivity index (χ0) is 25.1. The van der Waals surface area contributed by atoms with Crippen LogP contribution < -0.4 is 10.2 Å². The minimum Gasteiger partial charge on any atom is -0.325 e. The molecule has 1 N–H and O–H groups in total. The van der Waals surface area contributed by atoms with E-state index >= 15 is 0 Å². The third-order valence-corrected chi connectivity index (χ3v) is 9.00. The van der Waals surface area contributed by atoms with Crippen LogP contribution in [0.1, 0.15) is 6.42 Å². The highest BCUT2D eigenvalue weighted by molar-refractivity contribution is 8.01. The lowest BCUT2D eigenvalue weighted by molar-refractivity contribution is -0.387. The summed E-state index contributed by atoms with van der Waals surface area (Å²) >= 11 is 2.52. The van der Waals surface area contributed by atoms with Crippen LogP contribution in [-0.4, -0.2) is 33.4 Å². The zero-order valence-electron chi connectivity index (χ0n) is 18.4. The third kappa shape index (κ3) is 3.68. The Morgan fingerprint density at radius 3 is 2.58 bits per heavy atom. The number of anilines is 2. The number of hydrogen-bond donors (Lipinski definition) is 1. The van der Waals surface area contributed by atoms with Gasteiger partial charge in [-0.25, -0.2) is 9.88 Å². The van der Waals surface area contributed by atoms with E-state index in [1.807, 2.05) is 0 Å². The molecule has 2 fully saturated rings. The quantitative estimate of drug-likeness (QED) is 0.167. The van der Waals surface area contributed by atoms with Gasteiger partial charge in [-0.05, 0) is 48.6 Å². The van der Waals surface area contributed by atoms with Crippen molar-refractivity contribution in [3.8, 4) is 0 Å². The van der Waals surface area contributed by atoms with Gasteiger partial charge < -0.3 is 5.32 Å². The molecule has 3 amide bonds. The number of aromatic nitrogens is 1. The van der Waals surface area contributed by atoms with Crippen LogP contribution in [0.2, 0.25) is 0 Å². The summed E-state index contributed by atoms with van der Waals surface area (Å²) in [6.07, 6.45) is 4.99. The summed E-state index contributed by atoms with van der Waals surface area (Å²) < 4.78 is 14.9. The van der Waals surface area contributed by atoms with Crippen LogP contribution in [-0.2, 0) is 14.4 Å². The number of thiazole rings is 1. The number of nitro groups is 1. The lowest BCUT2D eigenvalue weighted by Crippen LogP contribution is -2.32. The van der Waals surface area contributed by atoms with Crippen LogP contribution in [0.5, 0.6) is 0 Å². The monoisotopic (exact) mass is 524 g/mol. The average molecular weight is 525 g/mol. The molecular formula is C24H17FN4O5S2. The highest BCUT2D eigenvalue weighted by Gasteiger charge is 2.59. The van der Waals surface area contributed by atoms with Gasteiger partial charge in [0.15, 0.2) is 4.34 Å². The first-order valence-corrected chi connectivity index (χ1v) is 12.9. The molecule has 1 saturated heterocycles. The second-order valence-electron chi connectivity index (χ2n) is 8.90. The van der Waals surface area contributed by atoms with Gasteiger partial charge >= 0.3 is 5.69 Å². The van der Waals surface area contributed by atoms with Crippen LogP contribution in [0, 0.1) is 39.6 Å². The smallest absolute Gasteiger partial charge is 0.306 e. The highest BCUT2D eigenvalue weighted by atomic mass is 32.2. The maximum absolute atomic E-state index is 13.5. The van der Waals surface area contributed by atoms with Crippen LogP contribution in [0.4, 0.5) is 21.5 Å². The van der Waals surface area contributed by atoms with Gasteiger partial charge in [0.05, 0.1) is 38.4 Å². The van der Waals surface area contributed by atoms with Crippen LogP contribution >= 0.6 is 23.1 Å². The predicted octanol–water partition coefficient (Wildman–Crippen LogP) is 4.39. The first-order chi connectivity index (χ1) is 17.3. The van der Waals surface area contributed by atoms with Crippen molar-refractivity contribution >= 4 is 68.1 Å². The Bertz CT molecular complexity index is 1470. The van der Waals surface area contributed by atoms with Crippen LogP contribution in [0.15, 0.2) is 52.9 Å². The van der Waals surface area contributed by atoms with Gasteiger partial charge in [0, 0.05) is 11.8 Å². The summed E-state index contributed by atoms with van der Waals surface area (Å²) in [5, 5.41) is 13.4. The van der Waals surface area contributed by atoms with E-state index in [2.05, 4.69) is 22.5 Å². The molecule has 3 aromatic rings. The van der Waals surface area contributed by atoms with Crippen molar-refractivity contribution in [2.45, 2.75) is 10.8 Å². The van der Waals surface area contributed by atoms with Crippen molar-refractivity contribution in [3.63, 3.8) is 0 Å². The number of hydrogen-bond acceptors (Lipinski definition) is 8. The SMILES string of the molecule is O=C(CSc1nc2ccc(N3C(=O)[C@H]4[C@H](C3=O)[C@H]3C=C[C@H]4C3)cc2s1)Nc1ccc(F)c([N+](=O)[O-])c1. The summed E-state index contributed by atoms with van der Waals surface area (Å²) in [6.45, 7) is 0. The molecule has 12 heteroatoms. The van der Waals surface area contributed by atoms with Gasteiger partial charge in [-0.15, -0.1) is 11.3 Å². The Hall–Kier alpha value is -3.64. The highest BCUT2D eigenvalue weighted by Crippen LogP contribution is 2.53. The number of imide groups is 1. The van der Waals surface area contributed by atoms with E-state index in [-0.39, 0.29) is 46.9 Å². The molecular weight excluding hydrogens is 507 g/mol. The minimum atomic E-state index is -0.981. The van der Waals surface area contributed by atoms with Crippen molar-refractivity contribution in [2.75, 3.05) is 16.0 Å². The molecule has 2 bridgehead atoms. The van der Waals surface area contributed by atoms with Gasteiger partial charge in [0.25, 0.3) is 0 Å². The van der Waals surface area contributed by atoms with E-state index in [0.29, 0.717) is 15.5 Å². The van der Waals surface area contributed by atoms with E-state index < -0.39 is 22.3 Å². The summed E-state index contributed by atoms with van der Waals surface area (Å²) in [5.74, 6) is -1.95. The predicted molar refractivity (Wildman–Crippen MR) is 132 cm³/mol. The number of halogens is 1. The fourth-order valence-electron chi connectivity index (χ4n) is 5.30. The van der Waals surface area contributed by atoms with Crippen molar-refractivity contribution in [1.29, 1.82) is 0 Å². The number of nitrogens with one attached hydrogen (secondary N) is 1. The molecule has 2 heterocycles. The van der Waals surface area contributed by atoms with Crippen molar-refractivity contribution in [1.82, 2.24) is 4.98 Å². The fraction of sp³-hybridized carbons (Fsp3) is 0.250. The number of amides is 3. The van der Waals surface area contributed by atoms with Gasteiger partial charge in [-0.1, -0.05) is 23.9 Å². The molecule has 182 valence electrons. The lowest BCUT2D eigenvalue weighted by atomic mass is 9.85. The molecule has 1 aliphatic heterocycles. The number of benzene rings is 2. The lowest BCUT2D eigenvalue weighted by Gasteiger charge is -2.17. The second kappa shape index (κ2) is 8.49. The number of carbonyl (C=O) groups is 3. The Morgan fingerprint density at radius 1 is 1.17 bits per heavy atom. The molecule has 2 aliphatic carbocycles. The van der Waals surface area contributed by atoms with E-state index in [4.69, 9.17) is 0 Å². The third-order valence-electron chi connectivity index (χ3n) is 6.83. The van der Waals surface area contributed by atoms with E-state index in [0.717, 1.165) is 23.3 Å². The molecule has 1 saturated carbocycles. The van der Waals surface area contributed by atoms with E-state index in [1.54, 1.807) is 18.2 Å². The van der Waals surface area contributed by atoms with Crippen molar-refractivity contribution in [2.24, 2.45) is 23.7 Å². The fourth-order valence-corrected chi connectivity index (χ4v) is 7.21. The van der Waals surface area contributed by atoms with Crippen molar-refractivity contribution in [3.05, 3.63) is 64.5 Å². The minimum absolute atomic E-state index is 0.0138. The second-order valence-corrected chi connectivity index (χ2v) is 11.2. The molecule has 36 heavy (non-hydrogen) atoms.